The maximum Gasteiger partial charge on any atom is 0.137 e. The van der Waals surface area contributed by atoms with E-state index >= 15 is 0 Å². The van der Waals surface area contributed by atoms with Crippen molar-refractivity contribution in [3.8, 4) is 0 Å². The van der Waals surface area contributed by atoms with Crippen LogP contribution in [0, 0.1) is 11.6 Å². The Morgan fingerprint density at radius 3 is 2.61 bits per heavy atom. The SMILES string of the molecule is CC(O)c1ccc(Sc2cc(F)ccc2F)cn1. The van der Waals surface area contributed by atoms with Gasteiger partial charge in [-0.05, 0) is 37.3 Å². The molecule has 1 N–H and O–H groups in total. The van der Waals surface area contributed by atoms with Crippen LogP contribution in [0.3, 0.4) is 0 Å². The molecule has 18 heavy (non-hydrogen) atoms. The number of nitrogens with zero attached hydrogens (tertiary/aromatic N) is 1. The lowest BCUT2D eigenvalue weighted by Crippen LogP contribution is -1.94. The molecule has 0 bridgehead atoms. The number of benzene rings is 1. The predicted octanol–water partition coefficient (Wildman–Crippen LogP) is 3.56. The Morgan fingerprint density at radius 2 is 2.00 bits per heavy atom. The molecule has 0 fully saturated rings. The van der Waals surface area contributed by atoms with Crippen molar-refractivity contribution in [3.63, 3.8) is 0 Å². The molecule has 1 aromatic heterocycles. The molecule has 1 atom stereocenters. The van der Waals surface area contributed by atoms with Crippen molar-refractivity contribution in [2.24, 2.45) is 0 Å². The highest BCUT2D eigenvalue weighted by Gasteiger charge is 2.07. The first-order valence-electron chi connectivity index (χ1n) is 5.33. The summed E-state index contributed by atoms with van der Waals surface area (Å²) >= 11 is 1.09. The van der Waals surface area contributed by atoms with Crippen LogP contribution in [0.25, 0.3) is 0 Å². The molecule has 0 aliphatic carbocycles. The Morgan fingerprint density at radius 1 is 1.22 bits per heavy atom. The van der Waals surface area contributed by atoms with Crippen LogP contribution in [0.1, 0.15) is 18.7 Å². The summed E-state index contributed by atoms with van der Waals surface area (Å²) in [5.74, 6) is -0.950. The summed E-state index contributed by atoms with van der Waals surface area (Å²) in [6.07, 6.45) is 0.881. The van der Waals surface area contributed by atoms with E-state index in [0.29, 0.717) is 10.6 Å². The van der Waals surface area contributed by atoms with Gasteiger partial charge in [0.1, 0.15) is 11.6 Å². The summed E-state index contributed by atoms with van der Waals surface area (Å²) in [7, 11) is 0. The van der Waals surface area contributed by atoms with E-state index < -0.39 is 17.7 Å². The van der Waals surface area contributed by atoms with E-state index in [1.54, 1.807) is 19.1 Å². The van der Waals surface area contributed by atoms with Gasteiger partial charge in [-0.1, -0.05) is 11.8 Å². The zero-order valence-electron chi connectivity index (χ0n) is 9.60. The lowest BCUT2D eigenvalue weighted by Gasteiger charge is -2.06. The van der Waals surface area contributed by atoms with Crippen molar-refractivity contribution in [2.45, 2.75) is 22.8 Å². The number of hydrogen-bond acceptors (Lipinski definition) is 3. The van der Waals surface area contributed by atoms with Gasteiger partial charge in [-0.3, -0.25) is 4.98 Å². The second kappa shape index (κ2) is 5.46. The highest BCUT2D eigenvalue weighted by Crippen LogP contribution is 2.30. The Kier molecular flexibility index (Phi) is 3.93. The first-order valence-corrected chi connectivity index (χ1v) is 6.15. The van der Waals surface area contributed by atoms with E-state index in [4.69, 9.17) is 0 Å². The average molecular weight is 267 g/mol. The number of pyridine rings is 1. The molecule has 5 heteroatoms. The summed E-state index contributed by atoms with van der Waals surface area (Å²) in [6, 6.07) is 6.68. The number of rotatable bonds is 3. The molecule has 0 saturated carbocycles. The third kappa shape index (κ3) is 3.05. The van der Waals surface area contributed by atoms with E-state index in [-0.39, 0.29) is 4.90 Å². The van der Waals surface area contributed by atoms with Gasteiger partial charge in [-0.2, -0.15) is 0 Å². The van der Waals surface area contributed by atoms with Crippen LogP contribution in [0.2, 0.25) is 0 Å². The predicted molar refractivity (Wildman–Crippen MR) is 65.4 cm³/mol. The van der Waals surface area contributed by atoms with Gasteiger partial charge < -0.3 is 5.11 Å². The summed E-state index contributed by atoms with van der Waals surface area (Å²) in [4.78, 5) is 4.93. The lowest BCUT2D eigenvalue weighted by atomic mass is 10.2. The second-order valence-corrected chi connectivity index (χ2v) is 4.89. The van der Waals surface area contributed by atoms with E-state index in [1.165, 1.54) is 6.20 Å². The molecule has 2 rings (SSSR count). The van der Waals surface area contributed by atoms with Crippen molar-refractivity contribution in [1.82, 2.24) is 4.98 Å². The molecule has 1 heterocycles. The minimum Gasteiger partial charge on any atom is -0.387 e. The van der Waals surface area contributed by atoms with Crippen molar-refractivity contribution in [3.05, 3.63) is 53.9 Å². The molecular weight excluding hydrogens is 256 g/mol. The molecular formula is C13H11F2NOS. The number of halogens is 2. The third-order valence-electron chi connectivity index (χ3n) is 2.31. The van der Waals surface area contributed by atoms with Crippen LogP contribution in [0.5, 0.6) is 0 Å². The Balaban J connectivity index is 2.21. The van der Waals surface area contributed by atoms with Crippen LogP contribution in [-0.4, -0.2) is 10.1 Å². The second-order valence-electron chi connectivity index (χ2n) is 3.77. The van der Waals surface area contributed by atoms with Gasteiger partial charge in [0, 0.05) is 11.1 Å². The Bertz CT molecular complexity index is 543. The lowest BCUT2D eigenvalue weighted by molar-refractivity contribution is 0.194. The van der Waals surface area contributed by atoms with Crippen molar-refractivity contribution < 1.29 is 13.9 Å². The minimum atomic E-state index is -0.644. The Hall–Kier alpha value is -1.46. The monoisotopic (exact) mass is 267 g/mol. The van der Waals surface area contributed by atoms with Crippen LogP contribution in [0.15, 0.2) is 46.3 Å². The quantitative estimate of drug-likeness (QED) is 0.923. The minimum absolute atomic E-state index is 0.210. The zero-order chi connectivity index (χ0) is 13.1. The number of aliphatic hydroxyl groups excluding tert-OH is 1. The fourth-order valence-corrected chi connectivity index (χ4v) is 2.21. The van der Waals surface area contributed by atoms with Crippen LogP contribution in [-0.2, 0) is 0 Å². The van der Waals surface area contributed by atoms with E-state index in [9.17, 15) is 13.9 Å². The van der Waals surface area contributed by atoms with Crippen molar-refractivity contribution >= 4 is 11.8 Å². The van der Waals surface area contributed by atoms with Crippen LogP contribution in [0.4, 0.5) is 8.78 Å². The first kappa shape index (κ1) is 13.0. The fraction of sp³-hybridized carbons (Fsp3) is 0.154. The maximum absolute atomic E-state index is 13.4. The molecule has 0 aliphatic rings. The van der Waals surface area contributed by atoms with Gasteiger partial charge >= 0.3 is 0 Å². The van der Waals surface area contributed by atoms with Crippen LogP contribution >= 0.6 is 11.8 Å². The summed E-state index contributed by atoms with van der Waals surface area (Å²) in [5, 5.41) is 9.31. The highest BCUT2D eigenvalue weighted by atomic mass is 32.2. The van der Waals surface area contributed by atoms with Crippen LogP contribution < -0.4 is 0 Å². The number of aliphatic hydroxyl groups is 1. The average Bonchev–Trinajstić information content (AvgIpc) is 2.34. The number of aromatic nitrogens is 1. The molecule has 0 saturated heterocycles. The fourth-order valence-electron chi connectivity index (χ4n) is 1.38. The molecule has 1 aromatic carbocycles. The zero-order valence-corrected chi connectivity index (χ0v) is 10.4. The van der Waals surface area contributed by atoms with Gasteiger partial charge in [0.25, 0.3) is 0 Å². The first-order chi connectivity index (χ1) is 8.56. The van der Waals surface area contributed by atoms with Gasteiger partial charge in [0.2, 0.25) is 0 Å². The molecule has 94 valence electrons. The maximum atomic E-state index is 13.4. The summed E-state index contributed by atoms with van der Waals surface area (Å²) in [6.45, 7) is 1.61. The van der Waals surface area contributed by atoms with Gasteiger partial charge in [0.05, 0.1) is 16.7 Å². The van der Waals surface area contributed by atoms with E-state index in [2.05, 4.69) is 4.98 Å². The van der Waals surface area contributed by atoms with Crippen molar-refractivity contribution in [2.75, 3.05) is 0 Å². The smallest absolute Gasteiger partial charge is 0.137 e. The highest BCUT2D eigenvalue weighted by molar-refractivity contribution is 7.99. The molecule has 0 amide bonds. The summed E-state index contributed by atoms with van der Waals surface area (Å²) < 4.78 is 26.4. The molecule has 0 radical (unpaired) electrons. The third-order valence-corrected chi connectivity index (χ3v) is 3.32. The van der Waals surface area contributed by atoms with Crippen molar-refractivity contribution in [1.29, 1.82) is 0 Å². The van der Waals surface area contributed by atoms with Gasteiger partial charge in [-0.25, -0.2) is 8.78 Å². The normalized spacial score (nSPS) is 12.4. The van der Waals surface area contributed by atoms with Gasteiger partial charge in [-0.15, -0.1) is 0 Å². The molecule has 2 nitrogen and oxygen atoms in total. The van der Waals surface area contributed by atoms with E-state index in [0.717, 1.165) is 30.0 Å². The largest absolute Gasteiger partial charge is 0.387 e. The molecule has 0 aliphatic heterocycles. The molecule has 1 unspecified atom stereocenters. The Labute approximate surface area is 108 Å². The topological polar surface area (TPSA) is 33.1 Å². The summed E-state index contributed by atoms with van der Waals surface area (Å²) in [5.41, 5.74) is 0.541. The molecule has 2 aromatic rings. The van der Waals surface area contributed by atoms with Gasteiger partial charge in [0.15, 0.2) is 0 Å². The number of hydrogen-bond donors (Lipinski definition) is 1. The van der Waals surface area contributed by atoms with E-state index in [1.807, 2.05) is 0 Å². The standard InChI is InChI=1S/C13H11F2NOS/c1-8(17)12-5-3-10(7-16-12)18-13-6-9(14)2-4-11(13)15/h2-8,17H,1H3. The molecule has 0 spiro atoms.